The third kappa shape index (κ3) is 4.73. The number of hydrogen-bond acceptors (Lipinski definition) is 3. The van der Waals surface area contributed by atoms with Crippen LogP contribution in [0, 0.1) is 13.8 Å². The zero-order chi connectivity index (χ0) is 19.5. The summed E-state index contributed by atoms with van der Waals surface area (Å²) < 4.78 is 2.01. The lowest BCUT2D eigenvalue weighted by molar-refractivity contribution is -0.140. The molecule has 0 saturated carbocycles. The molecule has 0 aliphatic heterocycles. The largest absolute Gasteiger partial charge is 0.343 e. The minimum Gasteiger partial charge on any atom is -0.343 e. The van der Waals surface area contributed by atoms with Crippen LogP contribution in [0.15, 0.2) is 35.4 Å². The van der Waals surface area contributed by atoms with Crippen molar-refractivity contribution < 1.29 is 9.59 Å². The van der Waals surface area contributed by atoms with E-state index >= 15 is 0 Å². The van der Waals surface area contributed by atoms with Gasteiger partial charge in [-0.3, -0.25) is 9.59 Å². The Balaban J connectivity index is 2.15. The molecule has 0 bridgehead atoms. The zero-order valence-electron chi connectivity index (χ0n) is 15.6. The molecule has 0 radical (unpaired) electrons. The highest BCUT2D eigenvalue weighted by molar-refractivity contribution is 6.35. The molecule has 0 saturated heterocycles. The molecule has 138 valence electrons. The van der Waals surface area contributed by atoms with E-state index in [9.17, 15) is 9.59 Å². The number of aromatic nitrogens is 1. The molecule has 0 aliphatic rings. The molecule has 2 N–H and O–H groups in total. The molecule has 0 unspecified atom stereocenters. The minimum atomic E-state index is -0.809. The molecule has 1 aromatic heterocycles. The number of carbonyl (C=O) groups is 2. The molecule has 7 heteroatoms. The average molecular weight is 375 g/mol. The van der Waals surface area contributed by atoms with E-state index in [4.69, 9.17) is 11.6 Å². The first-order chi connectivity index (χ1) is 12.1. The number of halogens is 1. The number of carbonyl (C=O) groups excluding carboxylic acids is 2. The summed E-state index contributed by atoms with van der Waals surface area (Å²) in [4.78, 5) is 23.5. The second-order valence-electron chi connectivity index (χ2n) is 7.02. The van der Waals surface area contributed by atoms with Gasteiger partial charge in [-0.25, -0.2) is 5.43 Å². The molecule has 6 nitrogen and oxygen atoms in total. The number of nitrogens with one attached hydrogen (secondary N) is 2. The lowest BCUT2D eigenvalue weighted by Crippen LogP contribution is -2.47. The van der Waals surface area contributed by atoms with Gasteiger partial charge >= 0.3 is 11.8 Å². The molecule has 0 atom stereocenters. The Morgan fingerprint density at radius 1 is 1.15 bits per heavy atom. The molecule has 0 aliphatic carbocycles. The standard InChI is InChI=1S/C19H23ClN4O2/c1-12-10-14(11-21-23-18(26)17(25)22-19(3,4)5)13(2)24(12)16-9-7-6-8-15(16)20/h6-11H,1-5H3,(H,22,25)(H,23,26)/b21-11-. The third-order valence-electron chi connectivity index (χ3n) is 3.63. The SMILES string of the molecule is Cc1cc(/C=N\NC(=O)C(=O)NC(C)(C)C)c(C)n1-c1ccccc1Cl. The minimum absolute atomic E-state index is 0.488. The van der Waals surface area contributed by atoms with Crippen LogP contribution in [0.1, 0.15) is 37.7 Å². The summed E-state index contributed by atoms with van der Waals surface area (Å²) in [6, 6.07) is 9.49. The van der Waals surface area contributed by atoms with Crippen LogP contribution >= 0.6 is 11.6 Å². The van der Waals surface area contributed by atoms with Gasteiger partial charge in [0.15, 0.2) is 0 Å². The molecule has 1 aromatic carbocycles. The Labute approximate surface area is 158 Å². The Kier molecular flexibility index (Phi) is 5.87. The first-order valence-corrected chi connectivity index (χ1v) is 8.57. The Hall–Kier alpha value is -2.60. The molecule has 0 spiro atoms. The summed E-state index contributed by atoms with van der Waals surface area (Å²) in [6.45, 7) is 9.29. The van der Waals surface area contributed by atoms with Crippen molar-refractivity contribution >= 4 is 29.6 Å². The van der Waals surface area contributed by atoms with Crippen molar-refractivity contribution in [3.8, 4) is 5.69 Å². The molecule has 2 rings (SSSR count). The number of rotatable bonds is 3. The summed E-state index contributed by atoms with van der Waals surface area (Å²) in [6.07, 6.45) is 1.51. The average Bonchev–Trinajstić information content (AvgIpc) is 2.80. The van der Waals surface area contributed by atoms with E-state index in [1.807, 2.05) is 48.7 Å². The summed E-state index contributed by atoms with van der Waals surface area (Å²) in [5, 5.41) is 7.11. The van der Waals surface area contributed by atoms with Gasteiger partial charge in [-0.05, 0) is 52.8 Å². The van der Waals surface area contributed by atoms with E-state index in [1.165, 1.54) is 6.21 Å². The van der Waals surface area contributed by atoms with Crippen LogP contribution in [0.25, 0.3) is 5.69 Å². The lowest BCUT2D eigenvalue weighted by atomic mass is 10.1. The van der Waals surface area contributed by atoms with Gasteiger partial charge in [0.05, 0.1) is 16.9 Å². The van der Waals surface area contributed by atoms with Crippen molar-refractivity contribution in [2.45, 2.75) is 40.2 Å². The van der Waals surface area contributed by atoms with Crippen LogP contribution < -0.4 is 10.7 Å². The Morgan fingerprint density at radius 2 is 1.81 bits per heavy atom. The number of amides is 2. The normalized spacial score (nSPS) is 11.6. The predicted molar refractivity (Wildman–Crippen MR) is 104 cm³/mol. The highest BCUT2D eigenvalue weighted by atomic mass is 35.5. The quantitative estimate of drug-likeness (QED) is 0.492. The number of para-hydroxylation sites is 1. The van der Waals surface area contributed by atoms with Gasteiger partial charge in [-0.15, -0.1) is 0 Å². The number of hydrazone groups is 1. The maximum atomic E-state index is 11.8. The van der Waals surface area contributed by atoms with E-state index in [1.54, 1.807) is 20.8 Å². The van der Waals surface area contributed by atoms with Crippen molar-refractivity contribution in [1.29, 1.82) is 0 Å². The van der Waals surface area contributed by atoms with Gasteiger partial charge in [0.2, 0.25) is 0 Å². The Bertz CT molecular complexity index is 863. The fourth-order valence-electron chi connectivity index (χ4n) is 2.53. The van der Waals surface area contributed by atoms with Crippen LogP contribution in [0.4, 0.5) is 0 Å². The van der Waals surface area contributed by atoms with Gasteiger partial charge < -0.3 is 9.88 Å². The van der Waals surface area contributed by atoms with Gasteiger partial charge in [0.1, 0.15) is 0 Å². The van der Waals surface area contributed by atoms with Crippen molar-refractivity contribution in [3.05, 3.63) is 52.3 Å². The summed E-state index contributed by atoms with van der Waals surface area (Å²) >= 11 is 6.29. The molecule has 1 heterocycles. The maximum absolute atomic E-state index is 11.8. The second kappa shape index (κ2) is 7.74. The van der Waals surface area contributed by atoms with E-state index in [2.05, 4.69) is 15.8 Å². The number of nitrogens with zero attached hydrogens (tertiary/aromatic N) is 2. The van der Waals surface area contributed by atoms with Crippen molar-refractivity contribution in [1.82, 2.24) is 15.3 Å². The molecule has 0 fully saturated rings. The fraction of sp³-hybridized carbons (Fsp3) is 0.316. The maximum Gasteiger partial charge on any atom is 0.329 e. The van der Waals surface area contributed by atoms with E-state index in [-0.39, 0.29) is 0 Å². The summed E-state index contributed by atoms with van der Waals surface area (Å²) in [5.41, 5.74) is 5.35. The van der Waals surface area contributed by atoms with Gasteiger partial charge in [-0.2, -0.15) is 5.10 Å². The smallest absolute Gasteiger partial charge is 0.329 e. The zero-order valence-corrected chi connectivity index (χ0v) is 16.3. The molecular weight excluding hydrogens is 352 g/mol. The van der Waals surface area contributed by atoms with E-state index < -0.39 is 17.4 Å². The predicted octanol–water partition coefficient (Wildman–Crippen LogP) is 3.11. The molecule has 26 heavy (non-hydrogen) atoms. The number of hydrogen-bond donors (Lipinski definition) is 2. The molecule has 2 aromatic rings. The van der Waals surface area contributed by atoms with Crippen LogP contribution in [0.5, 0.6) is 0 Å². The third-order valence-corrected chi connectivity index (χ3v) is 3.95. The topological polar surface area (TPSA) is 75.5 Å². The lowest BCUT2D eigenvalue weighted by Gasteiger charge is -2.19. The van der Waals surface area contributed by atoms with Crippen molar-refractivity contribution in [2.24, 2.45) is 5.10 Å². The highest BCUT2D eigenvalue weighted by Crippen LogP contribution is 2.25. The van der Waals surface area contributed by atoms with Gasteiger partial charge in [-0.1, -0.05) is 23.7 Å². The van der Waals surface area contributed by atoms with Crippen molar-refractivity contribution in [2.75, 3.05) is 0 Å². The first-order valence-electron chi connectivity index (χ1n) is 8.19. The van der Waals surface area contributed by atoms with Crippen LogP contribution in [0.3, 0.4) is 0 Å². The second-order valence-corrected chi connectivity index (χ2v) is 7.42. The fourth-order valence-corrected chi connectivity index (χ4v) is 2.75. The monoisotopic (exact) mass is 374 g/mol. The van der Waals surface area contributed by atoms with Crippen molar-refractivity contribution in [3.63, 3.8) is 0 Å². The summed E-state index contributed by atoms with van der Waals surface area (Å²) in [7, 11) is 0. The van der Waals surface area contributed by atoms with Crippen LogP contribution in [-0.2, 0) is 9.59 Å². The molecule has 2 amide bonds. The highest BCUT2D eigenvalue weighted by Gasteiger charge is 2.19. The Morgan fingerprint density at radius 3 is 2.42 bits per heavy atom. The number of aryl methyl sites for hydroxylation is 1. The van der Waals surface area contributed by atoms with E-state index in [0.29, 0.717) is 5.02 Å². The van der Waals surface area contributed by atoms with E-state index in [0.717, 1.165) is 22.6 Å². The summed E-state index contributed by atoms with van der Waals surface area (Å²) in [5.74, 6) is -1.53. The van der Waals surface area contributed by atoms with Gasteiger partial charge in [0.25, 0.3) is 0 Å². The van der Waals surface area contributed by atoms with Crippen LogP contribution in [-0.4, -0.2) is 28.1 Å². The van der Waals surface area contributed by atoms with Gasteiger partial charge in [0, 0.05) is 22.5 Å². The molecular formula is C19H23ClN4O2. The number of benzene rings is 1. The van der Waals surface area contributed by atoms with Crippen LogP contribution in [0.2, 0.25) is 5.02 Å². The first kappa shape index (κ1) is 19.7.